The summed E-state index contributed by atoms with van der Waals surface area (Å²) in [6.07, 6.45) is 1.50. The number of carbonyl (C=O) groups excluding carboxylic acids is 1. The molecule has 0 atom stereocenters. The van der Waals surface area contributed by atoms with E-state index in [2.05, 4.69) is 27.2 Å². The van der Waals surface area contributed by atoms with Crippen LogP contribution in [0.5, 0.6) is 5.75 Å². The van der Waals surface area contributed by atoms with E-state index in [0.29, 0.717) is 41.3 Å². The highest BCUT2D eigenvalue weighted by molar-refractivity contribution is 5.81. The number of hydrogen-bond acceptors (Lipinski definition) is 9. The van der Waals surface area contributed by atoms with Crippen LogP contribution in [0.25, 0.3) is 33.4 Å². The Bertz CT molecular complexity index is 1730. The maximum Gasteiger partial charge on any atom is 0.343 e. The topological polar surface area (TPSA) is 123 Å². The second kappa shape index (κ2) is 12.5. The summed E-state index contributed by atoms with van der Waals surface area (Å²) in [5.41, 5.74) is 4.22. The van der Waals surface area contributed by atoms with Gasteiger partial charge in [-0.1, -0.05) is 55.5 Å². The number of tetrazole rings is 1. The number of hydrogen-bond donors (Lipinski definition) is 0. The summed E-state index contributed by atoms with van der Waals surface area (Å²) in [6, 6.07) is 21.0. The van der Waals surface area contributed by atoms with Crippen LogP contribution in [0.4, 0.5) is 0 Å². The molecule has 11 nitrogen and oxygen atoms in total. The van der Waals surface area contributed by atoms with Gasteiger partial charge in [0.25, 0.3) is 5.56 Å². The van der Waals surface area contributed by atoms with Crippen LogP contribution in [0.2, 0.25) is 0 Å². The zero-order valence-corrected chi connectivity index (χ0v) is 23.1. The molecule has 0 bridgehead atoms. The van der Waals surface area contributed by atoms with Crippen molar-refractivity contribution in [2.45, 2.75) is 33.0 Å². The van der Waals surface area contributed by atoms with Gasteiger partial charge in [0.05, 0.1) is 24.6 Å². The first-order valence-electron chi connectivity index (χ1n) is 13.2. The molecular formula is C30H30N6O5. The van der Waals surface area contributed by atoms with E-state index in [1.165, 1.54) is 7.11 Å². The molecule has 5 aromatic rings. The van der Waals surface area contributed by atoms with Crippen molar-refractivity contribution < 1.29 is 19.0 Å². The third kappa shape index (κ3) is 5.99. The molecule has 0 saturated carbocycles. The largest absolute Gasteiger partial charge is 0.482 e. The first-order chi connectivity index (χ1) is 20.0. The average molecular weight is 555 g/mol. The quantitative estimate of drug-likeness (QED) is 0.224. The molecule has 210 valence electrons. The molecular weight excluding hydrogens is 524 g/mol. The van der Waals surface area contributed by atoms with Gasteiger partial charge in [-0.3, -0.25) is 9.36 Å². The smallest absolute Gasteiger partial charge is 0.343 e. The molecule has 0 saturated heterocycles. The van der Waals surface area contributed by atoms with Gasteiger partial charge in [0.1, 0.15) is 18.3 Å². The lowest BCUT2D eigenvalue weighted by atomic mass is 9.98. The number of benzene rings is 3. The highest BCUT2D eigenvalue weighted by Crippen LogP contribution is 2.31. The Balaban J connectivity index is 1.46. The van der Waals surface area contributed by atoms with E-state index in [-0.39, 0.29) is 18.9 Å². The summed E-state index contributed by atoms with van der Waals surface area (Å²) in [7, 11) is 2.89. The van der Waals surface area contributed by atoms with Crippen molar-refractivity contribution in [1.29, 1.82) is 0 Å². The van der Waals surface area contributed by atoms with Gasteiger partial charge in [-0.05, 0) is 51.7 Å². The Morgan fingerprint density at radius 2 is 1.76 bits per heavy atom. The van der Waals surface area contributed by atoms with E-state index >= 15 is 0 Å². The van der Waals surface area contributed by atoms with Gasteiger partial charge >= 0.3 is 5.97 Å². The van der Waals surface area contributed by atoms with E-state index < -0.39 is 5.97 Å². The number of aromatic nitrogens is 6. The summed E-state index contributed by atoms with van der Waals surface area (Å²) in [5.74, 6) is 1.22. The SMILES string of the molecule is CCCc1nc2ccc(OCC(=O)OC)cc2c(=O)n1Cc1ccc(-c2ccccc2-c2nnnn2COC)cc1. The number of ether oxygens (including phenoxy) is 3. The molecule has 5 rings (SSSR count). The van der Waals surface area contributed by atoms with Crippen LogP contribution in [-0.4, -0.2) is 56.6 Å². The van der Waals surface area contributed by atoms with Crippen LogP contribution in [0.1, 0.15) is 24.7 Å². The van der Waals surface area contributed by atoms with Crippen molar-refractivity contribution in [3.05, 3.63) is 88.5 Å². The van der Waals surface area contributed by atoms with Crippen molar-refractivity contribution >= 4 is 16.9 Å². The lowest BCUT2D eigenvalue weighted by molar-refractivity contribution is -0.142. The van der Waals surface area contributed by atoms with Crippen LogP contribution in [0.15, 0.2) is 71.5 Å². The zero-order chi connectivity index (χ0) is 28.8. The monoisotopic (exact) mass is 554 g/mol. The molecule has 0 aliphatic heterocycles. The van der Waals surface area contributed by atoms with Crippen LogP contribution in [0, 0.1) is 0 Å². The number of esters is 1. The summed E-state index contributed by atoms with van der Waals surface area (Å²) >= 11 is 0. The van der Waals surface area contributed by atoms with Crippen molar-refractivity contribution in [2.24, 2.45) is 0 Å². The predicted molar refractivity (Wildman–Crippen MR) is 152 cm³/mol. The predicted octanol–water partition coefficient (Wildman–Crippen LogP) is 3.87. The molecule has 0 aliphatic rings. The van der Waals surface area contributed by atoms with Gasteiger partial charge < -0.3 is 14.2 Å². The zero-order valence-electron chi connectivity index (χ0n) is 23.1. The normalized spacial score (nSPS) is 11.1. The standard InChI is InChI=1S/C30H30N6O5/c1-4-7-27-31-26-15-14-22(41-18-28(37)40-3)16-25(26)30(38)35(27)17-20-10-12-21(13-11-20)23-8-5-6-9-24(23)29-32-33-34-36(29)19-39-2/h5-6,8-16H,4,7,17-19H2,1-3H3. The van der Waals surface area contributed by atoms with Crippen LogP contribution >= 0.6 is 0 Å². The molecule has 0 N–H and O–H groups in total. The Morgan fingerprint density at radius 3 is 2.49 bits per heavy atom. The van der Waals surface area contributed by atoms with Gasteiger partial charge in [-0.25, -0.2) is 9.78 Å². The lowest BCUT2D eigenvalue weighted by Gasteiger charge is -2.15. The Kier molecular flexibility index (Phi) is 8.44. The highest BCUT2D eigenvalue weighted by Gasteiger charge is 2.16. The fourth-order valence-electron chi connectivity index (χ4n) is 4.62. The van der Waals surface area contributed by atoms with E-state index in [9.17, 15) is 9.59 Å². The van der Waals surface area contributed by atoms with E-state index in [4.69, 9.17) is 14.5 Å². The molecule has 3 aromatic carbocycles. The molecule has 0 spiro atoms. The first kappa shape index (κ1) is 27.7. The van der Waals surface area contributed by atoms with Gasteiger partial charge in [0, 0.05) is 19.1 Å². The summed E-state index contributed by atoms with van der Waals surface area (Å²) in [5, 5.41) is 12.5. The second-order valence-electron chi connectivity index (χ2n) is 9.38. The minimum atomic E-state index is -0.501. The van der Waals surface area contributed by atoms with Crippen LogP contribution < -0.4 is 10.3 Å². The summed E-state index contributed by atoms with van der Waals surface area (Å²) in [4.78, 5) is 29.9. The third-order valence-corrected chi connectivity index (χ3v) is 6.62. The maximum absolute atomic E-state index is 13.7. The molecule has 0 amide bonds. The van der Waals surface area contributed by atoms with Crippen molar-refractivity contribution in [1.82, 2.24) is 29.8 Å². The molecule has 41 heavy (non-hydrogen) atoms. The first-order valence-corrected chi connectivity index (χ1v) is 13.2. The Labute approximate surface area is 236 Å². The average Bonchev–Trinajstić information content (AvgIpc) is 3.47. The van der Waals surface area contributed by atoms with Gasteiger partial charge in [0.15, 0.2) is 12.4 Å². The fourth-order valence-corrected chi connectivity index (χ4v) is 4.62. The summed E-state index contributed by atoms with van der Waals surface area (Å²) < 4.78 is 18.7. The maximum atomic E-state index is 13.7. The number of rotatable bonds is 11. The molecule has 0 aliphatic carbocycles. The number of methoxy groups -OCH3 is 2. The Morgan fingerprint density at radius 1 is 0.976 bits per heavy atom. The number of fused-ring (bicyclic) bond motifs is 1. The highest BCUT2D eigenvalue weighted by atomic mass is 16.6. The van der Waals surface area contributed by atoms with Gasteiger partial charge in [0.2, 0.25) is 0 Å². The molecule has 2 heterocycles. The molecule has 0 radical (unpaired) electrons. The van der Waals surface area contributed by atoms with Gasteiger partial charge in [-0.15, -0.1) is 5.10 Å². The molecule has 2 aromatic heterocycles. The minimum Gasteiger partial charge on any atom is -0.482 e. The molecule has 0 unspecified atom stereocenters. The van der Waals surface area contributed by atoms with E-state index in [1.807, 2.05) is 48.5 Å². The summed E-state index contributed by atoms with van der Waals surface area (Å²) in [6.45, 7) is 2.41. The van der Waals surface area contributed by atoms with E-state index in [1.54, 1.807) is 34.6 Å². The third-order valence-electron chi connectivity index (χ3n) is 6.62. The van der Waals surface area contributed by atoms with Crippen molar-refractivity contribution in [3.63, 3.8) is 0 Å². The van der Waals surface area contributed by atoms with Crippen LogP contribution in [0.3, 0.4) is 0 Å². The minimum absolute atomic E-state index is 0.165. The van der Waals surface area contributed by atoms with Crippen LogP contribution in [-0.2, 0) is 34.0 Å². The lowest BCUT2D eigenvalue weighted by Crippen LogP contribution is -2.26. The number of carbonyl (C=O) groups is 1. The van der Waals surface area contributed by atoms with Crippen molar-refractivity contribution in [3.8, 4) is 28.3 Å². The number of nitrogens with zero attached hydrogens (tertiary/aromatic N) is 6. The molecule has 11 heteroatoms. The molecule has 0 fully saturated rings. The van der Waals surface area contributed by atoms with E-state index in [0.717, 1.165) is 28.7 Å². The number of aryl methyl sites for hydroxylation is 1. The van der Waals surface area contributed by atoms with Crippen molar-refractivity contribution in [2.75, 3.05) is 20.8 Å². The fraction of sp³-hybridized carbons (Fsp3) is 0.267. The van der Waals surface area contributed by atoms with Gasteiger partial charge in [-0.2, -0.15) is 4.68 Å². The Hall–Kier alpha value is -4.90. The second-order valence-corrected chi connectivity index (χ2v) is 9.38.